The first-order chi connectivity index (χ1) is 18.6. The number of nitrogens with zero attached hydrogens (tertiary/aromatic N) is 3. The first kappa shape index (κ1) is 25.2. The van der Waals surface area contributed by atoms with Gasteiger partial charge in [-0.25, -0.2) is 0 Å². The van der Waals surface area contributed by atoms with E-state index in [0.29, 0.717) is 6.61 Å². The number of nitrogens with two attached hydrogens (primary N) is 1. The van der Waals surface area contributed by atoms with Crippen molar-refractivity contribution < 1.29 is 4.74 Å². The van der Waals surface area contributed by atoms with Gasteiger partial charge in [-0.15, -0.1) is 0 Å². The van der Waals surface area contributed by atoms with Crippen LogP contribution in [0, 0.1) is 6.92 Å². The van der Waals surface area contributed by atoms with E-state index in [9.17, 15) is 0 Å². The smallest absolute Gasteiger partial charge is 0.0866 e. The van der Waals surface area contributed by atoms with Crippen molar-refractivity contribution in [3.05, 3.63) is 70.6 Å². The van der Waals surface area contributed by atoms with Gasteiger partial charge in [0.2, 0.25) is 0 Å². The number of benzene rings is 2. The highest BCUT2D eigenvalue weighted by Gasteiger charge is 2.20. The molecule has 3 N–H and O–H groups in total. The SMILES string of the molecule is Cc1ccc(N2CCN(CCOCC(Nc3ccc4nc5c(c(N)c4c3)CCCC5)=C3CCC3)CC2)cc1. The predicted molar refractivity (Wildman–Crippen MR) is 158 cm³/mol. The maximum absolute atomic E-state index is 6.64. The highest BCUT2D eigenvalue weighted by Crippen LogP contribution is 2.34. The lowest BCUT2D eigenvalue weighted by molar-refractivity contribution is 0.116. The molecule has 1 saturated carbocycles. The van der Waals surface area contributed by atoms with Gasteiger partial charge in [-0.3, -0.25) is 9.88 Å². The summed E-state index contributed by atoms with van der Waals surface area (Å²) in [6, 6.07) is 15.3. The monoisotopic (exact) mass is 511 g/mol. The summed E-state index contributed by atoms with van der Waals surface area (Å²) in [4.78, 5) is 9.95. The van der Waals surface area contributed by atoms with Crippen LogP contribution in [0.4, 0.5) is 17.1 Å². The van der Waals surface area contributed by atoms with Gasteiger partial charge in [0.15, 0.2) is 0 Å². The minimum absolute atomic E-state index is 0.634. The molecule has 6 nitrogen and oxygen atoms in total. The molecule has 0 amide bonds. The topological polar surface area (TPSA) is 66.7 Å². The molecule has 0 atom stereocenters. The van der Waals surface area contributed by atoms with Crippen molar-refractivity contribution >= 4 is 28.0 Å². The zero-order chi connectivity index (χ0) is 25.9. The molecule has 2 aromatic carbocycles. The summed E-state index contributed by atoms with van der Waals surface area (Å²) < 4.78 is 6.23. The number of nitrogens with one attached hydrogen (secondary N) is 1. The number of nitrogen functional groups attached to an aromatic ring is 1. The first-order valence-electron chi connectivity index (χ1n) is 14.4. The number of hydrogen-bond acceptors (Lipinski definition) is 6. The van der Waals surface area contributed by atoms with E-state index < -0.39 is 0 Å². The van der Waals surface area contributed by atoms with Crippen LogP contribution in [0.5, 0.6) is 0 Å². The largest absolute Gasteiger partial charge is 0.398 e. The Hall–Kier alpha value is -3.09. The van der Waals surface area contributed by atoms with E-state index in [4.69, 9.17) is 15.5 Å². The van der Waals surface area contributed by atoms with E-state index in [1.165, 1.54) is 53.0 Å². The molecule has 2 aliphatic carbocycles. The third-order valence-corrected chi connectivity index (χ3v) is 8.55. The molecule has 0 radical (unpaired) electrons. The van der Waals surface area contributed by atoms with E-state index in [0.717, 1.165) is 87.3 Å². The molecule has 0 spiro atoms. The summed E-state index contributed by atoms with van der Waals surface area (Å²) in [5.74, 6) is 0. The summed E-state index contributed by atoms with van der Waals surface area (Å²) in [5, 5.41) is 4.77. The van der Waals surface area contributed by atoms with Crippen LogP contribution in [0.2, 0.25) is 0 Å². The van der Waals surface area contributed by atoms with E-state index >= 15 is 0 Å². The third-order valence-electron chi connectivity index (χ3n) is 8.55. The fourth-order valence-electron chi connectivity index (χ4n) is 5.95. The molecule has 3 aromatic rings. The van der Waals surface area contributed by atoms with Crippen LogP contribution in [0.1, 0.15) is 48.9 Å². The molecule has 1 aliphatic heterocycles. The van der Waals surface area contributed by atoms with Gasteiger partial charge in [0.25, 0.3) is 0 Å². The zero-order valence-corrected chi connectivity index (χ0v) is 22.8. The van der Waals surface area contributed by atoms with E-state index in [1.54, 1.807) is 0 Å². The second kappa shape index (κ2) is 11.3. The van der Waals surface area contributed by atoms with Crippen molar-refractivity contribution in [1.29, 1.82) is 0 Å². The molecule has 200 valence electrons. The van der Waals surface area contributed by atoms with Gasteiger partial charge in [-0.2, -0.15) is 0 Å². The molecule has 38 heavy (non-hydrogen) atoms. The zero-order valence-electron chi connectivity index (χ0n) is 22.8. The van der Waals surface area contributed by atoms with Gasteiger partial charge >= 0.3 is 0 Å². The van der Waals surface area contributed by atoms with E-state index in [2.05, 4.69) is 64.5 Å². The summed E-state index contributed by atoms with van der Waals surface area (Å²) in [5.41, 5.74) is 17.5. The van der Waals surface area contributed by atoms with Gasteiger partial charge in [-0.05, 0) is 93.3 Å². The number of aromatic nitrogens is 1. The molecule has 3 aliphatic rings. The van der Waals surface area contributed by atoms with Gasteiger partial charge in [0.05, 0.1) is 18.7 Å². The standard InChI is InChI=1S/C32H41N5O/c1-23-9-12-26(13-10-23)37-17-15-36(16-18-37)19-20-38-22-31(24-5-4-6-24)34-25-11-14-30-28(21-25)32(33)27-7-2-3-8-29(27)35-30/h9-14,21,34H,2-8,15-20,22H2,1H3,(H2,33,35). The van der Waals surface area contributed by atoms with Crippen molar-refractivity contribution in [3.8, 4) is 0 Å². The number of aryl methyl sites for hydroxylation is 2. The van der Waals surface area contributed by atoms with Gasteiger partial charge in [0.1, 0.15) is 0 Å². The average Bonchev–Trinajstić information content (AvgIpc) is 2.91. The Morgan fingerprint density at radius 1 is 0.947 bits per heavy atom. The quantitative estimate of drug-likeness (QED) is 0.379. The van der Waals surface area contributed by atoms with E-state index in [1.807, 2.05) is 0 Å². The molecule has 6 heteroatoms. The Morgan fingerprint density at radius 2 is 1.74 bits per heavy atom. The molecule has 2 heterocycles. The number of fused-ring (bicyclic) bond motifs is 2. The van der Waals surface area contributed by atoms with Crippen LogP contribution in [0.3, 0.4) is 0 Å². The molecule has 2 fully saturated rings. The Morgan fingerprint density at radius 3 is 2.50 bits per heavy atom. The van der Waals surface area contributed by atoms with E-state index in [-0.39, 0.29) is 0 Å². The lowest BCUT2D eigenvalue weighted by Gasteiger charge is -2.36. The number of rotatable bonds is 8. The maximum atomic E-state index is 6.64. The summed E-state index contributed by atoms with van der Waals surface area (Å²) >= 11 is 0. The van der Waals surface area contributed by atoms with Gasteiger partial charge in [0, 0.05) is 66.6 Å². The lowest BCUT2D eigenvalue weighted by atomic mass is 9.90. The van der Waals surface area contributed by atoms with Crippen LogP contribution in [-0.2, 0) is 17.6 Å². The average molecular weight is 512 g/mol. The van der Waals surface area contributed by atoms with Crippen molar-refractivity contribution in [3.63, 3.8) is 0 Å². The summed E-state index contributed by atoms with van der Waals surface area (Å²) in [6.45, 7) is 8.82. The normalized spacial score (nSPS) is 17.8. The molecular formula is C32H41N5O. The molecule has 1 aromatic heterocycles. The number of pyridine rings is 1. The third kappa shape index (κ3) is 5.52. The van der Waals surface area contributed by atoms with Gasteiger partial charge in [-0.1, -0.05) is 17.7 Å². The molecular weight excluding hydrogens is 470 g/mol. The van der Waals surface area contributed by atoms with Crippen molar-refractivity contribution in [2.24, 2.45) is 0 Å². The second-order valence-corrected chi connectivity index (χ2v) is 11.2. The van der Waals surface area contributed by atoms with Crippen LogP contribution in [0.15, 0.2) is 53.7 Å². The number of piperazine rings is 1. The number of ether oxygens (including phenoxy) is 1. The van der Waals surface area contributed by atoms with Crippen molar-refractivity contribution in [2.45, 2.75) is 51.9 Å². The molecule has 1 saturated heterocycles. The fourth-order valence-corrected chi connectivity index (χ4v) is 5.95. The Balaban J connectivity index is 1.03. The van der Waals surface area contributed by atoms with Crippen molar-refractivity contribution in [2.75, 3.05) is 61.9 Å². The number of allylic oxidation sites excluding steroid dienone is 1. The molecule has 0 unspecified atom stereocenters. The Kier molecular flexibility index (Phi) is 7.52. The fraction of sp³-hybridized carbons (Fsp3) is 0.469. The van der Waals surface area contributed by atoms with Crippen LogP contribution in [-0.4, -0.2) is 55.8 Å². The highest BCUT2D eigenvalue weighted by atomic mass is 16.5. The van der Waals surface area contributed by atoms with Crippen LogP contribution < -0.4 is 16.0 Å². The Bertz CT molecular complexity index is 1300. The second-order valence-electron chi connectivity index (χ2n) is 11.2. The predicted octanol–water partition coefficient (Wildman–Crippen LogP) is 5.69. The summed E-state index contributed by atoms with van der Waals surface area (Å²) in [7, 11) is 0. The highest BCUT2D eigenvalue weighted by molar-refractivity contribution is 5.94. The maximum Gasteiger partial charge on any atom is 0.0866 e. The lowest BCUT2D eigenvalue weighted by Crippen LogP contribution is -2.47. The number of anilines is 3. The van der Waals surface area contributed by atoms with Crippen LogP contribution in [0.25, 0.3) is 10.9 Å². The summed E-state index contributed by atoms with van der Waals surface area (Å²) in [6.07, 6.45) is 8.11. The van der Waals surface area contributed by atoms with Gasteiger partial charge < -0.3 is 20.7 Å². The minimum Gasteiger partial charge on any atom is -0.398 e. The first-order valence-corrected chi connectivity index (χ1v) is 14.4. The number of hydrogen-bond donors (Lipinski definition) is 2. The molecule has 0 bridgehead atoms. The Labute approximate surface area is 226 Å². The van der Waals surface area contributed by atoms with Crippen molar-refractivity contribution in [1.82, 2.24) is 9.88 Å². The minimum atomic E-state index is 0.634. The molecule has 6 rings (SSSR count). The van der Waals surface area contributed by atoms with Crippen LogP contribution >= 0.6 is 0 Å².